The minimum atomic E-state index is -0.467. The molecule has 0 aromatic carbocycles. The first-order valence-electron chi connectivity index (χ1n) is 4.46. The largest absolute Gasteiger partial charge is 0.379 e. The summed E-state index contributed by atoms with van der Waals surface area (Å²) in [4.78, 5) is 6.07. The van der Waals surface area contributed by atoms with Crippen molar-refractivity contribution in [2.45, 2.75) is 25.6 Å². The van der Waals surface area contributed by atoms with E-state index in [1.54, 1.807) is 13.1 Å². The van der Waals surface area contributed by atoms with Gasteiger partial charge in [0, 0.05) is 19.2 Å². The molecule has 2 aliphatic heterocycles. The van der Waals surface area contributed by atoms with Crippen LogP contribution in [0.3, 0.4) is 0 Å². The number of likely N-dealkylation sites (tertiary alicyclic amines) is 1. The summed E-state index contributed by atoms with van der Waals surface area (Å²) in [5, 5.41) is 17.1. The van der Waals surface area contributed by atoms with Crippen LogP contribution in [-0.4, -0.2) is 40.2 Å². The number of aliphatic hydroxyl groups is 1. The van der Waals surface area contributed by atoms with Crippen molar-refractivity contribution in [3.8, 4) is 0 Å². The van der Waals surface area contributed by atoms with Gasteiger partial charge < -0.3 is 10.5 Å². The van der Waals surface area contributed by atoms with Gasteiger partial charge in [0.2, 0.25) is 0 Å². The summed E-state index contributed by atoms with van der Waals surface area (Å²) in [6, 6.07) is 0.0289. The molecule has 4 heteroatoms. The number of aliphatic imine (C=N–C) groups is 1. The fourth-order valence-corrected chi connectivity index (χ4v) is 1.82. The fraction of sp³-hybridized carbons (Fsp3) is 0.556. The zero-order chi connectivity index (χ0) is 9.42. The van der Waals surface area contributed by atoms with Gasteiger partial charge in [0.1, 0.15) is 6.23 Å². The van der Waals surface area contributed by atoms with E-state index in [0.717, 1.165) is 12.3 Å². The van der Waals surface area contributed by atoms with Crippen molar-refractivity contribution in [1.82, 2.24) is 4.90 Å². The molecular weight excluding hydrogens is 166 g/mol. The number of fused-ring (bicyclic) bond motifs is 1. The van der Waals surface area contributed by atoms with Crippen molar-refractivity contribution in [2.75, 3.05) is 6.54 Å². The summed E-state index contributed by atoms with van der Waals surface area (Å²) in [6.45, 7) is 2.49. The van der Waals surface area contributed by atoms with E-state index in [9.17, 15) is 5.11 Å². The molecule has 2 atom stereocenters. The zero-order valence-electron chi connectivity index (χ0n) is 7.57. The predicted molar refractivity (Wildman–Crippen MR) is 51.1 cm³/mol. The number of nitrogens with zero attached hydrogens (tertiary/aromatic N) is 2. The summed E-state index contributed by atoms with van der Waals surface area (Å²) in [5.41, 5.74) is 1.40. The summed E-state index contributed by atoms with van der Waals surface area (Å²) < 4.78 is 0. The Morgan fingerprint density at radius 2 is 2.54 bits per heavy atom. The van der Waals surface area contributed by atoms with Crippen molar-refractivity contribution >= 4 is 11.4 Å². The smallest absolute Gasteiger partial charge is 0.105 e. The summed E-state index contributed by atoms with van der Waals surface area (Å²) in [7, 11) is 0. The summed E-state index contributed by atoms with van der Waals surface area (Å²) >= 11 is 0. The normalized spacial score (nSPS) is 30.2. The van der Waals surface area contributed by atoms with Gasteiger partial charge in [0.15, 0.2) is 0 Å². The molecule has 0 bridgehead atoms. The van der Waals surface area contributed by atoms with Crippen LogP contribution in [0.25, 0.3) is 0 Å². The van der Waals surface area contributed by atoms with Gasteiger partial charge in [-0.25, -0.2) is 0 Å². The molecule has 0 amide bonds. The van der Waals surface area contributed by atoms with Crippen LogP contribution in [0, 0.1) is 5.41 Å². The molecule has 2 rings (SSSR count). The molecule has 70 valence electrons. The monoisotopic (exact) mass is 179 g/mol. The van der Waals surface area contributed by atoms with Crippen LogP contribution in [0.5, 0.6) is 0 Å². The highest BCUT2D eigenvalue weighted by atomic mass is 16.3. The van der Waals surface area contributed by atoms with Crippen LogP contribution < -0.4 is 0 Å². The first kappa shape index (κ1) is 8.59. The SMILES string of the molecule is CC(O)N1CCC(=N)C2=NC=CC21. The number of nitrogens with one attached hydrogen (secondary N) is 1. The Kier molecular flexibility index (Phi) is 2.01. The lowest BCUT2D eigenvalue weighted by Gasteiger charge is -2.35. The van der Waals surface area contributed by atoms with E-state index in [0.29, 0.717) is 12.1 Å². The van der Waals surface area contributed by atoms with Gasteiger partial charge >= 0.3 is 0 Å². The highest BCUT2D eigenvalue weighted by Gasteiger charge is 2.33. The van der Waals surface area contributed by atoms with Crippen molar-refractivity contribution in [2.24, 2.45) is 4.99 Å². The molecule has 0 aromatic heterocycles. The second-order valence-corrected chi connectivity index (χ2v) is 3.40. The Morgan fingerprint density at radius 1 is 1.77 bits per heavy atom. The minimum absolute atomic E-state index is 0.0289. The van der Waals surface area contributed by atoms with E-state index < -0.39 is 6.23 Å². The fourth-order valence-electron chi connectivity index (χ4n) is 1.82. The Bertz CT molecular complexity index is 293. The Hall–Kier alpha value is -1.00. The Balaban J connectivity index is 2.24. The third kappa shape index (κ3) is 1.32. The van der Waals surface area contributed by atoms with E-state index in [-0.39, 0.29) is 6.04 Å². The lowest BCUT2D eigenvalue weighted by molar-refractivity contribution is 0.0158. The van der Waals surface area contributed by atoms with Crippen LogP contribution in [-0.2, 0) is 0 Å². The average molecular weight is 179 g/mol. The van der Waals surface area contributed by atoms with Crippen molar-refractivity contribution in [3.63, 3.8) is 0 Å². The van der Waals surface area contributed by atoms with Gasteiger partial charge in [0.25, 0.3) is 0 Å². The van der Waals surface area contributed by atoms with Crippen LogP contribution in [0.15, 0.2) is 17.3 Å². The number of piperidine rings is 1. The lowest BCUT2D eigenvalue weighted by atomic mass is 9.99. The molecule has 0 spiro atoms. The number of hydrogen-bond donors (Lipinski definition) is 2. The zero-order valence-corrected chi connectivity index (χ0v) is 7.57. The minimum Gasteiger partial charge on any atom is -0.379 e. The van der Waals surface area contributed by atoms with Crippen molar-refractivity contribution in [1.29, 1.82) is 5.41 Å². The van der Waals surface area contributed by atoms with Gasteiger partial charge in [0.05, 0.1) is 17.5 Å². The van der Waals surface area contributed by atoms with E-state index in [1.807, 2.05) is 11.0 Å². The summed E-state index contributed by atoms with van der Waals surface area (Å²) in [5.74, 6) is 0. The lowest BCUT2D eigenvalue weighted by Crippen LogP contribution is -2.51. The second-order valence-electron chi connectivity index (χ2n) is 3.40. The van der Waals surface area contributed by atoms with Gasteiger partial charge in [-0.1, -0.05) is 0 Å². The highest BCUT2D eigenvalue weighted by Crippen LogP contribution is 2.19. The molecule has 1 fully saturated rings. The average Bonchev–Trinajstić information content (AvgIpc) is 2.53. The van der Waals surface area contributed by atoms with Crippen molar-refractivity contribution in [3.05, 3.63) is 12.3 Å². The predicted octanol–water partition coefficient (Wildman–Crippen LogP) is 0.387. The third-order valence-electron chi connectivity index (χ3n) is 2.53. The Morgan fingerprint density at radius 3 is 3.23 bits per heavy atom. The molecule has 2 heterocycles. The van der Waals surface area contributed by atoms with Gasteiger partial charge in [-0.15, -0.1) is 0 Å². The highest BCUT2D eigenvalue weighted by molar-refractivity contribution is 6.44. The third-order valence-corrected chi connectivity index (χ3v) is 2.53. The Labute approximate surface area is 77.1 Å². The summed E-state index contributed by atoms with van der Waals surface area (Å²) in [6.07, 6.45) is 3.86. The van der Waals surface area contributed by atoms with Crippen LogP contribution >= 0.6 is 0 Å². The quantitative estimate of drug-likeness (QED) is 0.611. The van der Waals surface area contributed by atoms with Crippen LogP contribution in [0.2, 0.25) is 0 Å². The number of rotatable bonds is 1. The molecule has 0 saturated carbocycles. The molecule has 2 unspecified atom stereocenters. The maximum Gasteiger partial charge on any atom is 0.105 e. The molecule has 0 radical (unpaired) electrons. The van der Waals surface area contributed by atoms with Crippen LogP contribution in [0.4, 0.5) is 0 Å². The first-order valence-corrected chi connectivity index (χ1v) is 4.46. The van der Waals surface area contributed by atoms with Gasteiger partial charge in [-0.05, 0) is 13.0 Å². The first-order chi connectivity index (χ1) is 6.20. The van der Waals surface area contributed by atoms with E-state index in [4.69, 9.17) is 5.41 Å². The van der Waals surface area contributed by atoms with E-state index >= 15 is 0 Å². The van der Waals surface area contributed by atoms with Gasteiger partial charge in [-0.3, -0.25) is 9.89 Å². The maximum atomic E-state index is 9.48. The maximum absolute atomic E-state index is 9.48. The number of aliphatic hydroxyl groups excluding tert-OH is 1. The molecule has 1 saturated heterocycles. The second kappa shape index (κ2) is 3.05. The molecular formula is C9H13N3O. The molecule has 4 nitrogen and oxygen atoms in total. The van der Waals surface area contributed by atoms with Crippen LogP contribution in [0.1, 0.15) is 13.3 Å². The number of hydrogen-bond acceptors (Lipinski definition) is 4. The molecule has 0 aliphatic carbocycles. The van der Waals surface area contributed by atoms with Crippen molar-refractivity contribution < 1.29 is 5.11 Å². The van der Waals surface area contributed by atoms with Gasteiger partial charge in [-0.2, -0.15) is 0 Å². The molecule has 13 heavy (non-hydrogen) atoms. The molecule has 0 aromatic rings. The molecule has 2 N–H and O–H groups in total. The standard InChI is InChI=1S/C9H13N3O/c1-6(13)12-5-3-7(10)9-8(12)2-4-11-9/h2,4,6,8,10,13H,3,5H2,1H3. The topological polar surface area (TPSA) is 59.7 Å². The van der Waals surface area contributed by atoms with E-state index in [1.165, 1.54) is 0 Å². The van der Waals surface area contributed by atoms with E-state index in [2.05, 4.69) is 4.99 Å². The molecule has 2 aliphatic rings.